The van der Waals surface area contributed by atoms with Gasteiger partial charge in [0.15, 0.2) is 0 Å². The normalized spacial score (nSPS) is 26.6. The Bertz CT molecular complexity index is 192. The van der Waals surface area contributed by atoms with E-state index in [1.165, 1.54) is 57.8 Å². The molecule has 94 valence electrons. The van der Waals surface area contributed by atoms with Crippen LogP contribution < -0.4 is 5.32 Å². The first kappa shape index (κ1) is 12.4. The molecule has 16 heavy (non-hydrogen) atoms. The van der Waals surface area contributed by atoms with Crippen LogP contribution in [0.3, 0.4) is 0 Å². The van der Waals surface area contributed by atoms with Gasteiger partial charge in [-0.3, -0.25) is 0 Å². The van der Waals surface area contributed by atoms with Gasteiger partial charge in [-0.15, -0.1) is 0 Å². The second kappa shape index (κ2) is 6.05. The predicted octanol–water partition coefficient (Wildman–Crippen LogP) is 4.12. The van der Waals surface area contributed by atoms with E-state index in [0.717, 1.165) is 23.9 Å². The maximum Gasteiger partial charge on any atom is 0.00696 e. The van der Waals surface area contributed by atoms with E-state index in [2.05, 4.69) is 19.2 Å². The summed E-state index contributed by atoms with van der Waals surface area (Å²) in [6, 6.07) is 1.55. The lowest BCUT2D eigenvalue weighted by molar-refractivity contribution is 0.255. The van der Waals surface area contributed by atoms with E-state index in [9.17, 15) is 0 Å². The molecule has 0 bridgehead atoms. The Labute approximate surface area is 101 Å². The minimum absolute atomic E-state index is 0.754. The predicted molar refractivity (Wildman–Crippen MR) is 70.6 cm³/mol. The maximum absolute atomic E-state index is 3.91. The first-order valence-corrected chi connectivity index (χ1v) is 7.55. The molecule has 0 spiro atoms. The Balaban J connectivity index is 1.71. The van der Waals surface area contributed by atoms with Gasteiger partial charge in [-0.05, 0) is 44.4 Å². The zero-order valence-corrected chi connectivity index (χ0v) is 11.2. The van der Waals surface area contributed by atoms with Crippen LogP contribution in [0, 0.1) is 11.8 Å². The summed E-state index contributed by atoms with van der Waals surface area (Å²) in [6.45, 7) is 4.76. The highest BCUT2D eigenvalue weighted by atomic mass is 14.9. The monoisotopic (exact) mass is 223 g/mol. The molecule has 1 N–H and O–H groups in total. The number of hydrogen-bond donors (Lipinski definition) is 1. The molecule has 2 fully saturated rings. The molecule has 0 aromatic carbocycles. The highest BCUT2D eigenvalue weighted by Gasteiger charge is 2.27. The molecule has 0 heterocycles. The molecular formula is C15H29N. The van der Waals surface area contributed by atoms with E-state index in [0.29, 0.717) is 0 Å². The Morgan fingerprint density at radius 1 is 1.06 bits per heavy atom. The van der Waals surface area contributed by atoms with E-state index in [1.54, 1.807) is 0 Å². The first-order chi connectivity index (χ1) is 7.79. The van der Waals surface area contributed by atoms with Crippen molar-refractivity contribution in [2.24, 2.45) is 11.8 Å². The molecule has 2 saturated carbocycles. The Kier molecular flexibility index (Phi) is 4.69. The number of nitrogens with one attached hydrogen (secondary N) is 1. The first-order valence-electron chi connectivity index (χ1n) is 7.55. The van der Waals surface area contributed by atoms with Crippen LogP contribution >= 0.6 is 0 Å². The minimum Gasteiger partial charge on any atom is -0.311 e. The second-order valence-corrected chi connectivity index (χ2v) is 6.14. The smallest absolute Gasteiger partial charge is 0.00696 e. The van der Waals surface area contributed by atoms with Gasteiger partial charge in [0.2, 0.25) is 0 Å². The summed E-state index contributed by atoms with van der Waals surface area (Å²) in [5, 5.41) is 3.91. The van der Waals surface area contributed by atoms with Crippen LogP contribution in [0.5, 0.6) is 0 Å². The highest BCUT2D eigenvalue weighted by Crippen LogP contribution is 2.34. The van der Waals surface area contributed by atoms with E-state index < -0.39 is 0 Å². The molecule has 0 amide bonds. The van der Waals surface area contributed by atoms with Gasteiger partial charge in [0.25, 0.3) is 0 Å². The standard InChI is InChI=1S/C15H29N/c1-3-15(11-13-9-10-13)16-12(2)14-7-5-4-6-8-14/h12-16H,3-11H2,1-2H3. The van der Waals surface area contributed by atoms with Crippen molar-refractivity contribution in [2.75, 3.05) is 0 Å². The van der Waals surface area contributed by atoms with Gasteiger partial charge in [0, 0.05) is 12.1 Å². The molecule has 1 nitrogen and oxygen atoms in total. The summed E-state index contributed by atoms with van der Waals surface area (Å²) in [4.78, 5) is 0. The molecule has 2 aliphatic carbocycles. The van der Waals surface area contributed by atoms with E-state index >= 15 is 0 Å². The number of rotatable bonds is 6. The molecule has 2 atom stereocenters. The summed E-state index contributed by atoms with van der Waals surface area (Å²) in [6.07, 6.45) is 13.1. The molecule has 0 saturated heterocycles. The van der Waals surface area contributed by atoms with Gasteiger partial charge in [-0.25, -0.2) is 0 Å². The minimum atomic E-state index is 0.754. The van der Waals surface area contributed by atoms with Crippen LogP contribution in [-0.4, -0.2) is 12.1 Å². The van der Waals surface area contributed by atoms with Crippen molar-refractivity contribution in [3.8, 4) is 0 Å². The molecule has 0 radical (unpaired) electrons. The maximum atomic E-state index is 3.91. The third-order valence-electron chi connectivity index (χ3n) is 4.66. The van der Waals surface area contributed by atoms with Gasteiger partial charge < -0.3 is 5.32 Å². The van der Waals surface area contributed by atoms with Crippen LogP contribution in [0.2, 0.25) is 0 Å². The van der Waals surface area contributed by atoms with E-state index in [-0.39, 0.29) is 0 Å². The fourth-order valence-corrected chi connectivity index (χ4v) is 3.25. The van der Waals surface area contributed by atoms with Crippen LogP contribution in [0.15, 0.2) is 0 Å². The fraction of sp³-hybridized carbons (Fsp3) is 1.00. The third-order valence-corrected chi connectivity index (χ3v) is 4.66. The van der Waals surface area contributed by atoms with Gasteiger partial charge in [-0.1, -0.05) is 39.0 Å². The molecule has 0 aromatic heterocycles. The largest absolute Gasteiger partial charge is 0.311 e. The highest BCUT2D eigenvalue weighted by molar-refractivity contribution is 4.83. The Morgan fingerprint density at radius 3 is 2.31 bits per heavy atom. The van der Waals surface area contributed by atoms with Crippen LogP contribution in [0.25, 0.3) is 0 Å². The lowest BCUT2D eigenvalue weighted by Crippen LogP contribution is -2.41. The van der Waals surface area contributed by atoms with Crippen LogP contribution in [0.1, 0.15) is 71.6 Å². The molecule has 1 heteroatoms. The quantitative estimate of drug-likeness (QED) is 0.714. The molecule has 2 aliphatic rings. The molecule has 0 aliphatic heterocycles. The summed E-state index contributed by atoms with van der Waals surface area (Å²) < 4.78 is 0. The molecule has 0 aromatic rings. The average molecular weight is 223 g/mol. The van der Waals surface area contributed by atoms with E-state index in [4.69, 9.17) is 0 Å². The van der Waals surface area contributed by atoms with Crippen molar-refractivity contribution >= 4 is 0 Å². The SMILES string of the molecule is CCC(CC1CC1)NC(C)C1CCCCC1. The summed E-state index contributed by atoms with van der Waals surface area (Å²) in [7, 11) is 0. The zero-order valence-electron chi connectivity index (χ0n) is 11.2. The lowest BCUT2D eigenvalue weighted by atomic mass is 9.84. The van der Waals surface area contributed by atoms with Crippen molar-refractivity contribution in [3.63, 3.8) is 0 Å². The molecular weight excluding hydrogens is 194 g/mol. The van der Waals surface area contributed by atoms with Crippen molar-refractivity contribution in [1.82, 2.24) is 5.32 Å². The van der Waals surface area contributed by atoms with Gasteiger partial charge in [-0.2, -0.15) is 0 Å². The Morgan fingerprint density at radius 2 is 1.75 bits per heavy atom. The number of hydrogen-bond acceptors (Lipinski definition) is 1. The lowest BCUT2D eigenvalue weighted by Gasteiger charge is -2.31. The van der Waals surface area contributed by atoms with Crippen LogP contribution in [0.4, 0.5) is 0 Å². The second-order valence-electron chi connectivity index (χ2n) is 6.14. The summed E-state index contributed by atoms with van der Waals surface area (Å²) in [5.41, 5.74) is 0. The summed E-state index contributed by atoms with van der Waals surface area (Å²) >= 11 is 0. The zero-order chi connectivity index (χ0) is 11.4. The van der Waals surface area contributed by atoms with Gasteiger partial charge in [0.1, 0.15) is 0 Å². The van der Waals surface area contributed by atoms with Crippen molar-refractivity contribution < 1.29 is 0 Å². The van der Waals surface area contributed by atoms with Crippen molar-refractivity contribution in [1.29, 1.82) is 0 Å². The average Bonchev–Trinajstić information content (AvgIpc) is 3.13. The van der Waals surface area contributed by atoms with Gasteiger partial charge in [0.05, 0.1) is 0 Å². The van der Waals surface area contributed by atoms with E-state index in [1.807, 2.05) is 0 Å². The van der Waals surface area contributed by atoms with Crippen molar-refractivity contribution in [3.05, 3.63) is 0 Å². The van der Waals surface area contributed by atoms with Crippen molar-refractivity contribution in [2.45, 2.75) is 83.7 Å². The van der Waals surface area contributed by atoms with Crippen LogP contribution in [-0.2, 0) is 0 Å². The Hall–Kier alpha value is -0.0400. The van der Waals surface area contributed by atoms with Gasteiger partial charge >= 0.3 is 0 Å². The topological polar surface area (TPSA) is 12.0 Å². The fourth-order valence-electron chi connectivity index (χ4n) is 3.25. The summed E-state index contributed by atoms with van der Waals surface area (Å²) in [5.74, 6) is 2.03. The molecule has 2 unspecified atom stereocenters. The molecule has 2 rings (SSSR count). The third kappa shape index (κ3) is 3.76.